The van der Waals surface area contributed by atoms with Gasteiger partial charge in [0.1, 0.15) is 29.8 Å². The van der Waals surface area contributed by atoms with Crippen LogP contribution in [0.25, 0.3) is 0 Å². The number of hydrogen-bond donors (Lipinski definition) is 0. The molecule has 0 amide bonds. The topological polar surface area (TPSA) is 88.1 Å². The largest absolute Gasteiger partial charge is 0.463 e. The number of hydrogen-bond acceptors (Lipinski definition) is 7. The molecule has 0 radical (unpaired) electrons. The van der Waals surface area contributed by atoms with E-state index in [4.69, 9.17) is 18.6 Å². The van der Waals surface area contributed by atoms with Gasteiger partial charge in [-0.2, -0.15) is 0 Å². The van der Waals surface area contributed by atoms with Crippen molar-refractivity contribution in [3.8, 4) is 5.75 Å². The maximum atomic E-state index is 12.8. The van der Waals surface area contributed by atoms with E-state index in [9.17, 15) is 14.4 Å². The summed E-state index contributed by atoms with van der Waals surface area (Å²) in [4.78, 5) is 36.6. The number of carbonyl (C=O) groups excluding carboxylic acids is 3. The third-order valence-electron chi connectivity index (χ3n) is 7.68. The Labute approximate surface area is 216 Å². The summed E-state index contributed by atoms with van der Waals surface area (Å²) in [7, 11) is -2.11. The van der Waals surface area contributed by atoms with Gasteiger partial charge in [0.2, 0.25) is 5.79 Å². The van der Waals surface area contributed by atoms with Crippen LogP contribution in [0.3, 0.4) is 0 Å². The van der Waals surface area contributed by atoms with Crippen molar-refractivity contribution < 1.29 is 33.0 Å². The second-order valence-corrected chi connectivity index (χ2v) is 17.1. The van der Waals surface area contributed by atoms with Crippen LogP contribution in [0.15, 0.2) is 18.2 Å². The molecule has 7 nitrogen and oxygen atoms in total. The minimum absolute atomic E-state index is 0.00127. The molecule has 1 fully saturated rings. The van der Waals surface area contributed by atoms with Gasteiger partial charge in [-0.3, -0.25) is 4.79 Å². The number of aldehydes is 1. The predicted octanol–water partition coefficient (Wildman–Crippen LogP) is 5.84. The summed E-state index contributed by atoms with van der Waals surface area (Å²) in [5.41, 5.74) is 1.33. The lowest BCUT2D eigenvalue weighted by Crippen LogP contribution is -2.45. The van der Waals surface area contributed by atoms with Gasteiger partial charge in [0.15, 0.2) is 8.32 Å². The molecule has 3 rings (SSSR count). The van der Waals surface area contributed by atoms with E-state index in [2.05, 4.69) is 33.9 Å². The zero-order chi connectivity index (χ0) is 26.9. The Balaban J connectivity index is 1.79. The second kappa shape index (κ2) is 10.7. The summed E-state index contributed by atoms with van der Waals surface area (Å²) in [6.45, 7) is 15.6. The summed E-state index contributed by atoms with van der Waals surface area (Å²) < 4.78 is 23.4. The molecular formula is C28H42O7Si. The zero-order valence-electron chi connectivity index (χ0n) is 23.0. The Hall–Kier alpha value is -2.19. The molecule has 0 bridgehead atoms. The number of esters is 2. The Morgan fingerprint density at radius 2 is 1.83 bits per heavy atom. The van der Waals surface area contributed by atoms with Gasteiger partial charge >= 0.3 is 11.9 Å². The van der Waals surface area contributed by atoms with Gasteiger partial charge < -0.3 is 23.4 Å². The summed E-state index contributed by atoms with van der Waals surface area (Å²) in [6, 6.07) is 5.61. The van der Waals surface area contributed by atoms with Gasteiger partial charge in [-0.05, 0) is 73.7 Å². The van der Waals surface area contributed by atoms with E-state index in [1.807, 2.05) is 12.1 Å². The zero-order valence-corrected chi connectivity index (χ0v) is 24.0. The molecule has 0 spiro atoms. The van der Waals surface area contributed by atoms with Crippen LogP contribution >= 0.6 is 0 Å². The molecule has 8 heteroatoms. The van der Waals surface area contributed by atoms with E-state index in [0.29, 0.717) is 37.0 Å². The molecular weight excluding hydrogens is 476 g/mol. The van der Waals surface area contributed by atoms with Gasteiger partial charge in [-0.15, -0.1) is 0 Å². The maximum Gasteiger partial charge on any atom is 0.345 e. The highest BCUT2D eigenvalue weighted by Gasteiger charge is 2.41. The lowest BCUT2D eigenvalue weighted by molar-refractivity contribution is -0.149. The van der Waals surface area contributed by atoms with Crippen LogP contribution < -0.4 is 4.74 Å². The van der Waals surface area contributed by atoms with E-state index in [0.717, 1.165) is 18.3 Å². The highest BCUT2D eigenvalue weighted by atomic mass is 28.4. The molecule has 0 saturated heterocycles. The molecule has 4 atom stereocenters. The fourth-order valence-electron chi connectivity index (χ4n) is 5.14. The molecule has 1 aromatic rings. The van der Waals surface area contributed by atoms with Gasteiger partial charge in [0, 0.05) is 20.8 Å². The summed E-state index contributed by atoms with van der Waals surface area (Å²) in [5, 5.41) is 0.00127. The van der Waals surface area contributed by atoms with Crippen molar-refractivity contribution in [2.24, 2.45) is 11.8 Å². The van der Waals surface area contributed by atoms with Crippen molar-refractivity contribution in [1.82, 2.24) is 0 Å². The molecule has 0 N–H and O–H groups in total. The molecule has 36 heavy (non-hydrogen) atoms. The standard InChI is InChI=1S/C28H42O7Si/c1-18(30)32-22-14-19(12-20(15-22)16-23(17-29)35-36(7,8)27(2,3)4)13-21-10-9-11-24-25(21)26(31)34-28(5,6)33-24/h9-11,17,19-20,22-23H,12-16H2,1-8H3/t19-,20+,22-,23?/m0/s1. The van der Waals surface area contributed by atoms with Crippen molar-refractivity contribution in [2.75, 3.05) is 0 Å². The van der Waals surface area contributed by atoms with Crippen LogP contribution in [-0.2, 0) is 29.9 Å². The second-order valence-electron chi connectivity index (χ2n) is 12.3. The quantitative estimate of drug-likeness (QED) is 0.243. The fraction of sp³-hybridized carbons (Fsp3) is 0.679. The molecule has 1 unspecified atom stereocenters. The van der Waals surface area contributed by atoms with Crippen molar-refractivity contribution >= 4 is 26.5 Å². The molecule has 1 aromatic carbocycles. The highest BCUT2D eigenvalue weighted by molar-refractivity contribution is 6.74. The van der Waals surface area contributed by atoms with Crippen LogP contribution in [0, 0.1) is 11.8 Å². The van der Waals surface area contributed by atoms with Crippen LogP contribution in [-0.4, -0.2) is 44.5 Å². The summed E-state index contributed by atoms with van der Waals surface area (Å²) >= 11 is 0. The third kappa shape index (κ3) is 6.97. The van der Waals surface area contributed by atoms with Gasteiger partial charge in [0.05, 0.1) is 0 Å². The monoisotopic (exact) mass is 518 g/mol. The van der Waals surface area contributed by atoms with Gasteiger partial charge in [0.25, 0.3) is 0 Å². The first-order valence-corrected chi connectivity index (χ1v) is 15.9. The maximum absolute atomic E-state index is 12.8. The highest BCUT2D eigenvalue weighted by Crippen LogP contribution is 2.41. The Morgan fingerprint density at radius 1 is 1.17 bits per heavy atom. The van der Waals surface area contributed by atoms with Crippen molar-refractivity contribution in [3.63, 3.8) is 0 Å². The Kier molecular flexibility index (Phi) is 8.40. The minimum Gasteiger partial charge on any atom is -0.463 e. The van der Waals surface area contributed by atoms with Crippen molar-refractivity contribution in [1.29, 1.82) is 0 Å². The number of cyclic esters (lactones) is 1. The first-order valence-electron chi connectivity index (χ1n) is 12.9. The Bertz CT molecular complexity index is 979. The first-order chi connectivity index (χ1) is 16.6. The predicted molar refractivity (Wildman–Crippen MR) is 139 cm³/mol. The van der Waals surface area contributed by atoms with Crippen molar-refractivity contribution in [2.45, 2.75) is 110 Å². The third-order valence-corrected chi connectivity index (χ3v) is 12.2. The lowest BCUT2D eigenvalue weighted by Gasteiger charge is -2.40. The van der Waals surface area contributed by atoms with Crippen molar-refractivity contribution in [3.05, 3.63) is 29.3 Å². The minimum atomic E-state index is -2.11. The number of benzene rings is 1. The summed E-state index contributed by atoms with van der Waals surface area (Å²) in [5.74, 6) is -0.837. The van der Waals surface area contributed by atoms with E-state index in [-0.39, 0.29) is 34.9 Å². The smallest absolute Gasteiger partial charge is 0.345 e. The average Bonchev–Trinajstić information content (AvgIpc) is 2.70. The lowest BCUT2D eigenvalue weighted by atomic mass is 9.74. The van der Waals surface area contributed by atoms with Crippen LogP contribution in [0.5, 0.6) is 5.75 Å². The van der Waals surface area contributed by atoms with E-state index < -0.39 is 20.2 Å². The molecule has 1 aliphatic carbocycles. The molecule has 1 saturated carbocycles. The SMILES string of the molecule is CC(=O)O[C@H]1C[C@H](Cc2cccc3c2C(=O)OC(C)(C)O3)C[C@@H](CC(C=O)O[Si](C)(C)C(C)(C)C)C1. The van der Waals surface area contributed by atoms with E-state index in [1.165, 1.54) is 6.92 Å². The molecule has 0 aromatic heterocycles. The molecule has 200 valence electrons. The van der Waals surface area contributed by atoms with Crippen LogP contribution in [0.1, 0.15) is 83.1 Å². The normalized spacial score (nSPS) is 24.7. The van der Waals surface area contributed by atoms with Gasteiger partial charge in [-0.25, -0.2) is 4.79 Å². The molecule has 1 heterocycles. The number of fused-ring (bicyclic) bond motifs is 1. The summed E-state index contributed by atoms with van der Waals surface area (Å²) in [6.07, 6.45) is 3.70. The van der Waals surface area contributed by atoms with E-state index in [1.54, 1.807) is 19.9 Å². The fourth-order valence-corrected chi connectivity index (χ4v) is 6.41. The van der Waals surface area contributed by atoms with Crippen LogP contribution in [0.4, 0.5) is 0 Å². The first kappa shape index (κ1) is 28.4. The van der Waals surface area contributed by atoms with Gasteiger partial charge in [-0.1, -0.05) is 32.9 Å². The average molecular weight is 519 g/mol. The molecule has 1 aliphatic heterocycles. The number of rotatable bonds is 8. The number of ether oxygens (including phenoxy) is 3. The number of carbonyl (C=O) groups is 3. The Morgan fingerprint density at radius 3 is 2.44 bits per heavy atom. The van der Waals surface area contributed by atoms with Crippen LogP contribution in [0.2, 0.25) is 18.1 Å². The molecule has 2 aliphatic rings. The van der Waals surface area contributed by atoms with E-state index >= 15 is 0 Å².